The SMILES string of the molecule is COCCN1CCC(CNC(=O)C(=O)Nc2ccc3c(c2)N(S(=O)(=O)c2cccs2)CCC3)CC1. The van der Waals surface area contributed by atoms with E-state index in [0.29, 0.717) is 37.0 Å². The lowest BCUT2D eigenvalue weighted by atomic mass is 9.97. The number of amides is 2. The molecule has 0 aliphatic carbocycles. The summed E-state index contributed by atoms with van der Waals surface area (Å²) in [7, 11) is -1.98. The third-order valence-electron chi connectivity index (χ3n) is 6.53. The largest absolute Gasteiger partial charge is 0.383 e. The van der Waals surface area contributed by atoms with Crippen LogP contribution in [-0.4, -0.2) is 71.6 Å². The zero-order valence-electron chi connectivity index (χ0n) is 19.9. The number of anilines is 2. The smallest absolute Gasteiger partial charge is 0.313 e. The Morgan fingerprint density at radius 1 is 1.14 bits per heavy atom. The number of methoxy groups -OCH3 is 1. The minimum absolute atomic E-state index is 0.281. The van der Waals surface area contributed by atoms with Crippen molar-refractivity contribution in [2.45, 2.75) is 29.9 Å². The Bertz CT molecular complexity index is 1130. The van der Waals surface area contributed by atoms with E-state index in [1.165, 1.54) is 15.6 Å². The number of sulfonamides is 1. The van der Waals surface area contributed by atoms with Crippen molar-refractivity contribution in [3.8, 4) is 0 Å². The molecule has 0 spiro atoms. The molecule has 2 aliphatic heterocycles. The first kappa shape index (κ1) is 25.6. The van der Waals surface area contributed by atoms with E-state index >= 15 is 0 Å². The van der Waals surface area contributed by atoms with Gasteiger partial charge in [-0.25, -0.2) is 8.42 Å². The molecule has 0 bridgehead atoms. The molecular formula is C24H32N4O5S2. The van der Waals surface area contributed by atoms with Crippen LogP contribution in [0.1, 0.15) is 24.8 Å². The summed E-state index contributed by atoms with van der Waals surface area (Å²) in [6, 6.07) is 8.47. The molecule has 11 heteroatoms. The molecule has 9 nitrogen and oxygen atoms in total. The normalized spacial score (nSPS) is 17.1. The molecule has 190 valence electrons. The Hall–Kier alpha value is -2.47. The number of piperidine rings is 1. The van der Waals surface area contributed by atoms with Crippen LogP contribution in [0.15, 0.2) is 39.9 Å². The highest BCUT2D eigenvalue weighted by Gasteiger charge is 2.30. The number of hydrogen-bond acceptors (Lipinski definition) is 7. The summed E-state index contributed by atoms with van der Waals surface area (Å²) in [5.41, 5.74) is 1.84. The summed E-state index contributed by atoms with van der Waals surface area (Å²) < 4.78 is 33.1. The Morgan fingerprint density at radius 3 is 2.66 bits per heavy atom. The Kier molecular flexibility index (Phi) is 8.42. The zero-order valence-corrected chi connectivity index (χ0v) is 21.5. The van der Waals surface area contributed by atoms with Crippen molar-refractivity contribution in [2.75, 3.05) is 56.1 Å². The van der Waals surface area contributed by atoms with Crippen LogP contribution in [0.5, 0.6) is 0 Å². The van der Waals surface area contributed by atoms with Crippen LogP contribution in [-0.2, 0) is 30.8 Å². The molecule has 0 saturated carbocycles. The van der Waals surface area contributed by atoms with Gasteiger partial charge in [-0.3, -0.25) is 13.9 Å². The maximum atomic E-state index is 13.1. The molecule has 2 aromatic rings. The van der Waals surface area contributed by atoms with E-state index in [9.17, 15) is 18.0 Å². The van der Waals surface area contributed by atoms with Crippen LogP contribution in [0.2, 0.25) is 0 Å². The number of carbonyl (C=O) groups is 2. The lowest BCUT2D eigenvalue weighted by Gasteiger charge is -2.31. The molecule has 0 radical (unpaired) electrons. The summed E-state index contributed by atoms with van der Waals surface area (Å²) in [5, 5.41) is 7.10. The van der Waals surface area contributed by atoms with Crippen LogP contribution >= 0.6 is 11.3 Å². The summed E-state index contributed by atoms with van der Waals surface area (Å²) in [6.45, 7) is 4.36. The van der Waals surface area contributed by atoms with Gasteiger partial charge in [0.2, 0.25) is 0 Å². The lowest BCUT2D eigenvalue weighted by Crippen LogP contribution is -2.42. The molecule has 35 heavy (non-hydrogen) atoms. The topological polar surface area (TPSA) is 108 Å². The second-order valence-electron chi connectivity index (χ2n) is 8.90. The minimum Gasteiger partial charge on any atom is -0.383 e. The molecule has 2 amide bonds. The molecule has 1 aromatic carbocycles. The second kappa shape index (κ2) is 11.5. The first-order valence-electron chi connectivity index (χ1n) is 11.9. The predicted molar refractivity (Wildman–Crippen MR) is 136 cm³/mol. The summed E-state index contributed by atoms with van der Waals surface area (Å²) in [4.78, 5) is 27.3. The third-order valence-corrected chi connectivity index (χ3v) is 9.72. The van der Waals surface area contributed by atoms with Crippen molar-refractivity contribution in [1.82, 2.24) is 10.2 Å². The standard InChI is InChI=1S/C24H32N4O5S2/c1-33-14-13-27-11-8-18(9-12-27)17-25-23(29)24(30)26-20-7-6-19-4-2-10-28(21(19)16-20)35(31,32)22-5-3-15-34-22/h3,5-7,15-16,18H,2,4,8-14,17H2,1H3,(H,25,29)(H,26,30). The molecule has 2 N–H and O–H groups in total. The molecule has 1 aromatic heterocycles. The maximum absolute atomic E-state index is 13.1. The van der Waals surface area contributed by atoms with Gasteiger partial charge in [0.1, 0.15) is 4.21 Å². The lowest BCUT2D eigenvalue weighted by molar-refractivity contribution is -0.136. The number of fused-ring (bicyclic) bond motifs is 1. The fourth-order valence-electron chi connectivity index (χ4n) is 4.53. The molecule has 3 heterocycles. The molecule has 1 saturated heterocycles. The Morgan fingerprint density at radius 2 is 1.94 bits per heavy atom. The van der Waals surface area contributed by atoms with Gasteiger partial charge >= 0.3 is 11.8 Å². The monoisotopic (exact) mass is 520 g/mol. The minimum atomic E-state index is -3.67. The van der Waals surface area contributed by atoms with Crippen LogP contribution < -0.4 is 14.9 Å². The zero-order chi connectivity index (χ0) is 24.8. The van der Waals surface area contributed by atoms with Gasteiger partial charge < -0.3 is 20.3 Å². The van der Waals surface area contributed by atoms with E-state index in [0.717, 1.165) is 50.9 Å². The van der Waals surface area contributed by atoms with Gasteiger partial charge in [-0.05, 0) is 73.8 Å². The van der Waals surface area contributed by atoms with Crippen molar-refractivity contribution < 1.29 is 22.7 Å². The number of hydrogen-bond donors (Lipinski definition) is 2. The van der Waals surface area contributed by atoms with E-state index in [1.807, 2.05) is 6.07 Å². The van der Waals surface area contributed by atoms with Crippen molar-refractivity contribution in [2.24, 2.45) is 5.92 Å². The van der Waals surface area contributed by atoms with Gasteiger partial charge in [-0.1, -0.05) is 12.1 Å². The number of rotatable bonds is 8. The molecule has 2 aliphatic rings. The summed E-state index contributed by atoms with van der Waals surface area (Å²) in [5.74, 6) is -1.11. The van der Waals surface area contributed by atoms with Crippen LogP contribution in [0.3, 0.4) is 0 Å². The average Bonchev–Trinajstić information content (AvgIpc) is 3.42. The molecular weight excluding hydrogens is 488 g/mol. The average molecular weight is 521 g/mol. The molecule has 4 rings (SSSR count). The number of aryl methyl sites for hydroxylation is 1. The first-order chi connectivity index (χ1) is 16.9. The number of thiophene rings is 1. The Balaban J connectivity index is 1.34. The van der Waals surface area contributed by atoms with E-state index in [1.54, 1.807) is 36.8 Å². The van der Waals surface area contributed by atoms with E-state index in [4.69, 9.17) is 4.74 Å². The number of ether oxygens (including phenoxy) is 1. The van der Waals surface area contributed by atoms with E-state index in [-0.39, 0.29) is 4.21 Å². The van der Waals surface area contributed by atoms with Crippen LogP contribution in [0, 0.1) is 5.92 Å². The van der Waals surface area contributed by atoms with Crippen molar-refractivity contribution in [3.05, 3.63) is 41.3 Å². The number of likely N-dealkylation sites (tertiary alicyclic amines) is 1. The Labute approximate surface area is 210 Å². The van der Waals surface area contributed by atoms with Gasteiger partial charge in [0.15, 0.2) is 0 Å². The van der Waals surface area contributed by atoms with Crippen LogP contribution in [0.25, 0.3) is 0 Å². The van der Waals surface area contributed by atoms with Gasteiger partial charge in [0.25, 0.3) is 10.0 Å². The summed E-state index contributed by atoms with van der Waals surface area (Å²) >= 11 is 1.18. The number of nitrogens with one attached hydrogen (secondary N) is 2. The number of benzene rings is 1. The molecule has 0 atom stereocenters. The van der Waals surface area contributed by atoms with Crippen molar-refractivity contribution in [3.63, 3.8) is 0 Å². The predicted octanol–water partition coefficient (Wildman–Crippen LogP) is 2.30. The van der Waals surface area contributed by atoms with E-state index in [2.05, 4.69) is 15.5 Å². The number of carbonyl (C=O) groups excluding carboxylic acids is 2. The van der Waals surface area contributed by atoms with Gasteiger partial charge in [-0.15, -0.1) is 11.3 Å². The highest BCUT2D eigenvalue weighted by Crippen LogP contribution is 2.35. The van der Waals surface area contributed by atoms with Crippen molar-refractivity contribution in [1.29, 1.82) is 0 Å². The summed E-state index contributed by atoms with van der Waals surface area (Å²) in [6.07, 6.45) is 3.40. The number of nitrogens with zero attached hydrogens (tertiary/aromatic N) is 2. The first-order valence-corrected chi connectivity index (χ1v) is 14.2. The highest BCUT2D eigenvalue weighted by atomic mass is 32.2. The van der Waals surface area contributed by atoms with E-state index < -0.39 is 21.8 Å². The van der Waals surface area contributed by atoms with Gasteiger partial charge in [-0.2, -0.15) is 0 Å². The fraction of sp³-hybridized carbons (Fsp3) is 0.500. The highest BCUT2D eigenvalue weighted by molar-refractivity contribution is 7.94. The third kappa shape index (κ3) is 6.21. The van der Waals surface area contributed by atoms with Gasteiger partial charge in [0, 0.05) is 32.4 Å². The fourth-order valence-corrected chi connectivity index (χ4v) is 7.16. The molecule has 0 unspecified atom stereocenters. The van der Waals surface area contributed by atoms with Crippen LogP contribution in [0.4, 0.5) is 11.4 Å². The second-order valence-corrected chi connectivity index (χ2v) is 11.9. The van der Waals surface area contributed by atoms with Gasteiger partial charge in [0.05, 0.1) is 12.3 Å². The maximum Gasteiger partial charge on any atom is 0.313 e. The quantitative estimate of drug-likeness (QED) is 0.517. The molecule has 1 fully saturated rings. The van der Waals surface area contributed by atoms with Crippen molar-refractivity contribution >= 4 is 44.5 Å².